The number of aliphatic hydroxyl groups is 1. The minimum atomic E-state index is -3.42. The first kappa shape index (κ1) is 94.5. The average molecular weight is 1930 g/mol. The Morgan fingerprint density at radius 2 is 0.910 bits per heavy atom. The van der Waals surface area contributed by atoms with E-state index in [0.717, 1.165) is 185 Å². The van der Waals surface area contributed by atoms with Crippen LogP contribution in [0.4, 0.5) is 22.9 Å². The van der Waals surface area contributed by atoms with E-state index < -0.39 is 53.6 Å². The highest BCUT2D eigenvalue weighted by atomic mass is 35.5. The van der Waals surface area contributed by atoms with Crippen LogP contribution < -0.4 is 43.9 Å². The topological polar surface area (TPSA) is 342 Å². The number of carbonyl (C=O) groups is 3. The number of nitrogens with zero attached hydrogens (tertiary/aromatic N) is 10. The average Bonchev–Trinajstić information content (AvgIpc) is 1.74. The first-order valence-electron chi connectivity index (χ1n) is 46.7. The summed E-state index contributed by atoms with van der Waals surface area (Å²) in [7, 11) is -1.25. The standard InChI is InChI=1S/C38H44ClN7O5S.C31H38ClN3O5S.C31H38ClN3O4S/c1-45-20-30-35(42-45)40-23-41-36(30)43-52(48)16-14-28(49-2)9-13-33(50-3)29-10-6-26(29)19-46-21-38(15-4-5-24-17-27(39)8-11-31(24)38)22-51-34-12-7-25(18-32(34)46)37(47)44-52;1-39-28-11-7-24(36)12-14-41(33,38)34-30(37)21-5-10-29-27(16-21)35(17-22-4-8-25(22)28)18-31(19-40-29)13-2-3-20-15-23(32)6-9-26(20)31;1-38-28-7-3-2-4-15-40(33,37)34-30(36)22-9-13-29-27(17-22)35(18-23-8-11-25(23)28)19-31(20-39-29)14-5-6-21-16-24(32)10-12-26(21)31/h7-9,11-13,17-18,20,23,26,28-29,33H,4-6,10,14-16,19,21-22H2,1-3H3,(H,40,41,42,43,44,47,48);5-7,9-11,15-16,22,24-25,28,36H,2-4,8,12-14,17-19H2,1H3,(H2,33,34,37,38);3,7,9-10,12-13,16-17,23,25,28H,2,4-6,8,11,14-15,18-20H2,1H3,(H2,33,34,36,37)/b13-9+;11-7+;7-3+/t26-,28-,29+,33-,38-,52?;22-,24-,25+,28-,31-,41?;23-,25+,28-,31-,40?/m000/s1. The fourth-order valence-electron chi connectivity index (χ4n) is 22.6. The number of anilines is 4. The lowest BCUT2D eigenvalue weighted by atomic mass is 9.68. The van der Waals surface area contributed by atoms with Gasteiger partial charge in [-0.15, -0.1) is 13.1 Å². The molecule has 8 heterocycles. The van der Waals surface area contributed by atoms with Crippen molar-refractivity contribution in [1.82, 2.24) is 19.7 Å². The third-order valence-electron chi connectivity index (χ3n) is 30.0. The fourth-order valence-corrected chi connectivity index (χ4v) is 26.9. The van der Waals surface area contributed by atoms with Gasteiger partial charge < -0.3 is 53.0 Å². The summed E-state index contributed by atoms with van der Waals surface area (Å²) in [6, 6.07) is 34.9. The number of hydrogen-bond acceptors (Lipinski definition) is 20. The summed E-state index contributed by atoms with van der Waals surface area (Å²) in [5.41, 5.74) is 11.0. The Morgan fingerprint density at radius 3 is 1.34 bits per heavy atom. The Morgan fingerprint density at radius 1 is 0.481 bits per heavy atom. The number of halogens is 3. The van der Waals surface area contributed by atoms with Gasteiger partial charge in [0.25, 0.3) is 17.7 Å². The Balaban J connectivity index is 0.000000135. The lowest BCUT2D eigenvalue weighted by Gasteiger charge is -2.46. The molecule has 6 N–H and O–H groups in total. The van der Waals surface area contributed by atoms with Crippen LogP contribution >= 0.6 is 34.8 Å². The molecule has 3 unspecified atom stereocenters. The highest BCUT2D eigenvalue weighted by Gasteiger charge is 2.50. The predicted octanol–water partition coefficient (Wildman–Crippen LogP) is 16.5. The first-order valence-corrected chi connectivity index (χ1v) is 53.0. The molecule has 3 amide bonds. The van der Waals surface area contributed by atoms with Crippen LogP contribution in [0.25, 0.3) is 11.0 Å². The molecule has 0 saturated heterocycles. The van der Waals surface area contributed by atoms with E-state index in [1.54, 1.807) is 70.6 Å². The Kier molecular flexibility index (Phi) is 28.2. The van der Waals surface area contributed by atoms with E-state index in [2.05, 4.69) is 102 Å². The molecule has 708 valence electrons. The van der Waals surface area contributed by atoms with Crippen molar-refractivity contribution in [2.24, 2.45) is 65.9 Å². The van der Waals surface area contributed by atoms with Crippen molar-refractivity contribution < 1.29 is 65.3 Å². The van der Waals surface area contributed by atoms with Gasteiger partial charge in [0.05, 0.1) is 78.5 Å². The van der Waals surface area contributed by atoms with E-state index in [0.29, 0.717) is 96.4 Å². The van der Waals surface area contributed by atoms with Crippen molar-refractivity contribution in [2.75, 3.05) is 124 Å². The molecule has 6 aromatic carbocycles. The van der Waals surface area contributed by atoms with Gasteiger partial charge in [0.2, 0.25) is 0 Å². The largest absolute Gasteiger partial charge is 0.490 e. The zero-order chi connectivity index (χ0) is 92.7. The number of aromatic nitrogens is 4. The smallest absolute Gasteiger partial charge is 0.286 e. The van der Waals surface area contributed by atoms with Gasteiger partial charge in [0.1, 0.15) is 53.3 Å². The maximum Gasteiger partial charge on any atom is 0.286 e. The molecule has 6 aliphatic carbocycles. The van der Waals surface area contributed by atoms with Gasteiger partial charge >= 0.3 is 0 Å². The van der Waals surface area contributed by atoms with Crippen molar-refractivity contribution in [2.45, 2.75) is 169 Å². The van der Waals surface area contributed by atoms with E-state index in [9.17, 15) is 32.1 Å². The van der Waals surface area contributed by atoms with Gasteiger partial charge in [0.15, 0.2) is 11.5 Å². The second kappa shape index (κ2) is 39.7. The zero-order valence-electron chi connectivity index (χ0n) is 76.0. The van der Waals surface area contributed by atoms with Crippen LogP contribution in [0.3, 0.4) is 0 Å². The Labute approximate surface area is 795 Å². The highest BCUT2D eigenvalue weighted by Crippen LogP contribution is 2.53. The van der Waals surface area contributed by atoms with Gasteiger partial charge in [-0.2, -0.15) is 5.10 Å². The number of nitrogens with one attached hydrogen (secondary N) is 1. The zero-order valence-corrected chi connectivity index (χ0v) is 80.7. The highest BCUT2D eigenvalue weighted by molar-refractivity contribution is 7.95. The van der Waals surface area contributed by atoms with E-state index in [1.807, 2.05) is 66.7 Å². The molecule has 2 aromatic heterocycles. The van der Waals surface area contributed by atoms with Crippen LogP contribution in [0.5, 0.6) is 17.2 Å². The summed E-state index contributed by atoms with van der Waals surface area (Å²) in [6.07, 6.45) is 30.8. The molecule has 8 aromatic rings. The number of aliphatic hydroxyl groups excluding tert-OH is 1. The predicted molar refractivity (Wildman–Crippen MR) is 522 cm³/mol. The SMILES string of the molecule is CO[C@H]1/C=C/CCCS(N)(=O)=NC(=O)c2ccc3c(c2)N(C[C@@H]2CC[C@H]21)C[C@@]1(CCCc2cc(Cl)ccc21)CO3.CO[C@H]1/C=C/[C@H](O)CCS(N)(=O)=NC(=O)c2ccc3c(c2)N(C[C@@H]2CC[C@H]21)C[C@@]1(CCCc2cc(Cl)ccc21)CO3.CO[C@H]1/C=C/[C@H](OC)CCS(=O)(Nc2ncnc3nn(C)cc23)=NC(=O)c2ccc3c(c2)N(C[C@@H]2CC[C@H]21)C[C@@]1(CCCc2cc(Cl)ccc21)CO3. The van der Waals surface area contributed by atoms with Crippen molar-refractivity contribution in [3.63, 3.8) is 0 Å². The third-order valence-corrected chi connectivity index (χ3v) is 35.1. The number of rotatable bonds is 6. The number of ether oxygens (including phenoxy) is 7. The van der Waals surface area contributed by atoms with Crippen LogP contribution in [0.1, 0.15) is 167 Å². The van der Waals surface area contributed by atoms with Crippen molar-refractivity contribution >= 4 is 116 Å². The molecular formula is C100H120Cl3N13O14S3. The maximum absolute atomic E-state index is 14.8. The number of carbonyl (C=O) groups excluding carboxylic acids is 3. The van der Waals surface area contributed by atoms with Gasteiger partial charge in [-0.25, -0.2) is 32.9 Å². The molecule has 20 rings (SSSR count). The fraction of sp³-hybridized carbons (Fsp3) is 0.500. The molecule has 0 radical (unpaired) electrons. The molecule has 33 heteroatoms. The van der Waals surface area contributed by atoms with E-state index in [-0.39, 0.29) is 76.1 Å². The Hall–Kier alpha value is -8.86. The summed E-state index contributed by atoms with van der Waals surface area (Å²) in [5, 5.41) is 29.6. The third kappa shape index (κ3) is 20.5. The van der Waals surface area contributed by atoms with Crippen molar-refractivity contribution in [3.05, 3.63) is 223 Å². The van der Waals surface area contributed by atoms with Crippen LogP contribution in [0, 0.1) is 35.5 Å². The summed E-state index contributed by atoms with van der Waals surface area (Å²) in [5.74, 6) is 2.97. The molecule has 27 nitrogen and oxygen atoms in total. The minimum absolute atomic E-state index is 0.0170. The quantitative estimate of drug-likeness (QED) is 0.112. The molecule has 17 atom stereocenters. The summed E-state index contributed by atoms with van der Waals surface area (Å²) in [6.45, 7) is 6.18. The van der Waals surface area contributed by atoms with E-state index in [1.165, 1.54) is 39.7 Å². The van der Waals surface area contributed by atoms with Gasteiger partial charge in [0, 0.05) is 140 Å². The summed E-state index contributed by atoms with van der Waals surface area (Å²) in [4.78, 5) is 56.3. The second-order valence-electron chi connectivity index (χ2n) is 38.4. The normalized spacial score (nSPS) is 32.1. The number of hydrogen-bond donors (Lipinski definition) is 4. The number of aryl methyl sites for hydroxylation is 4. The van der Waals surface area contributed by atoms with Gasteiger partial charge in [-0.05, 0) is 282 Å². The van der Waals surface area contributed by atoms with Crippen LogP contribution in [0.15, 0.2) is 171 Å². The molecule has 12 aliphatic rings. The number of methoxy groups -OCH3 is 4. The Bertz CT molecular complexity index is 6270. The molecule has 3 spiro atoms. The lowest BCUT2D eigenvalue weighted by Crippen LogP contribution is -2.49. The molecule has 3 fully saturated rings. The van der Waals surface area contributed by atoms with Crippen molar-refractivity contribution in [1.29, 1.82) is 0 Å². The van der Waals surface area contributed by atoms with Gasteiger partial charge in [-0.3, -0.25) is 23.8 Å². The number of nitrogens with two attached hydrogens (primary N) is 2. The molecule has 133 heavy (non-hydrogen) atoms. The molecular weight excluding hydrogens is 1810 g/mol. The second-order valence-corrected chi connectivity index (χ2v) is 45.7. The number of amides is 3. The summed E-state index contributed by atoms with van der Waals surface area (Å²) >= 11 is 19.3. The number of benzene rings is 6. The number of allylic oxidation sites excluding steroid dienone is 1. The van der Waals surface area contributed by atoms with Gasteiger partial charge in [-0.1, -0.05) is 89.5 Å². The lowest BCUT2D eigenvalue weighted by molar-refractivity contribution is 0.0124. The molecule has 6 bridgehead atoms. The first-order chi connectivity index (χ1) is 64.1. The van der Waals surface area contributed by atoms with E-state index >= 15 is 0 Å². The van der Waals surface area contributed by atoms with Crippen LogP contribution in [-0.4, -0.2) is 191 Å². The van der Waals surface area contributed by atoms with Crippen LogP contribution in [-0.2, 0) is 91.2 Å². The van der Waals surface area contributed by atoms with Crippen LogP contribution in [0.2, 0.25) is 15.1 Å². The number of fused-ring (bicyclic) bond motifs is 13. The monoisotopic (exact) mass is 1930 g/mol. The molecule has 3 saturated carbocycles. The maximum atomic E-state index is 14.8. The molecule has 6 aliphatic heterocycles. The minimum Gasteiger partial charge on any atom is -0.490 e. The van der Waals surface area contributed by atoms with Crippen molar-refractivity contribution in [3.8, 4) is 17.2 Å². The van der Waals surface area contributed by atoms with E-state index in [4.69, 9.17) is 78.2 Å². The summed E-state index contributed by atoms with van der Waals surface area (Å²) < 4.78 is 101.